The van der Waals surface area contributed by atoms with Crippen LogP contribution in [0.3, 0.4) is 0 Å². The van der Waals surface area contributed by atoms with Crippen molar-refractivity contribution in [2.24, 2.45) is 0 Å². The summed E-state index contributed by atoms with van der Waals surface area (Å²) in [6, 6.07) is 15.5. The van der Waals surface area contributed by atoms with Crippen LogP contribution in [-0.2, 0) is 30.9 Å². The molecule has 0 spiro atoms. The van der Waals surface area contributed by atoms with E-state index in [1.165, 1.54) is 5.56 Å². The summed E-state index contributed by atoms with van der Waals surface area (Å²) in [7, 11) is 1.55. The summed E-state index contributed by atoms with van der Waals surface area (Å²) < 4.78 is 25.7. The molecular weight excluding hydrogens is 582 g/mol. The second-order valence-electron chi connectivity index (χ2n) is 11.8. The highest BCUT2D eigenvalue weighted by molar-refractivity contribution is 6.31. The summed E-state index contributed by atoms with van der Waals surface area (Å²) in [5, 5.41) is 10.5. The van der Waals surface area contributed by atoms with Gasteiger partial charge in [0, 0.05) is 29.2 Å². The molecule has 1 aromatic heterocycles. The van der Waals surface area contributed by atoms with Crippen LogP contribution < -0.4 is 14.2 Å². The average Bonchev–Trinajstić information content (AvgIpc) is 3.65. The second-order valence-corrected chi connectivity index (χ2v) is 12.2. The highest BCUT2D eigenvalue weighted by Crippen LogP contribution is 2.38. The van der Waals surface area contributed by atoms with Crippen LogP contribution in [0.4, 0.5) is 0 Å². The molecule has 0 aliphatic carbocycles. The Morgan fingerprint density at radius 2 is 1.91 bits per heavy atom. The molecule has 3 aliphatic heterocycles. The van der Waals surface area contributed by atoms with Gasteiger partial charge in [0.15, 0.2) is 0 Å². The number of piperidine rings is 1. The lowest BCUT2D eigenvalue weighted by atomic mass is 9.89. The van der Waals surface area contributed by atoms with E-state index in [1.54, 1.807) is 19.2 Å². The van der Waals surface area contributed by atoms with Crippen LogP contribution >= 0.6 is 11.6 Å². The fourth-order valence-corrected chi connectivity index (χ4v) is 6.86. The predicted molar refractivity (Wildman–Crippen MR) is 166 cm³/mol. The zero-order chi connectivity index (χ0) is 30.2. The number of carboxylic acid groups (broad SMARTS) is 1. The molecule has 3 aliphatic rings. The number of carboxylic acids is 1. The monoisotopic (exact) mass is 617 g/mol. The van der Waals surface area contributed by atoms with E-state index in [0.29, 0.717) is 43.5 Å². The van der Waals surface area contributed by atoms with Gasteiger partial charge in [0.1, 0.15) is 35.2 Å². The Kier molecular flexibility index (Phi) is 8.10. The van der Waals surface area contributed by atoms with E-state index in [1.807, 2.05) is 18.2 Å². The number of aromatic nitrogens is 2. The summed E-state index contributed by atoms with van der Waals surface area (Å²) in [4.78, 5) is 19.2. The van der Waals surface area contributed by atoms with E-state index in [9.17, 15) is 9.90 Å². The molecule has 230 valence electrons. The zero-order valence-corrected chi connectivity index (χ0v) is 25.5. The Labute approximate surface area is 261 Å². The lowest BCUT2D eigenvalue weighted by molar-refractivity contribution is -0.0592. The number of ether oxygens (including phenoxy) is 4. The lowest BCUT2D eigenvalue weighted by Gasteiger charge is -2.33. The van der Waals surface area contributed by atoms with Gasteiger partial charge in [-0.3, -0.25) is 4.90 Å². The third-order valence-electron chi connectivity index (χ3n) is 9.12. The number of rotatable bonds is 10. The Balaban J connectivity index is 1.06. The molecular formula is C34H36ClN3O6. The summed E-state index contributed by atoms with van der Waals surface area (Å²) in [6.45, 7) is 4.98. The van der Waals surface area contributed by atoms with Gasteiger partial charge in [-0.15, -0.1) is 0 Å². The first-order valence-electron chi connectivity index (χ1n) is 15.3. The molecule has 0 bridgehead atoms. The molecule has 0 amide bonds. The van der Waals surface area contributed by atoms with Crippen molar-refractivity contribution in [3.05, 3.63) is 81.6 Å². The van der Waals surface area contributed by atoms with E-state index in [-0.39, 0.29) is 11.7 Å². The van der Waals surface area contributed by atoms with Crippen molar-refractivity contribution in [3.8, 4) is 17.2 Å². The van der Waals surface area contributed by atoms with Crippen LogP contribution in [0.25, 0.3) is 11.0 Å². The third-order valence-corrected chi connectivity index (χ3v) is 9.48. The van der Waals surface area contributed by atoms with Gasteiger partial charge in [0.2, 0.25) is 0 Å². The number of imidazole rings is 1. The number of nitrogens with zero attached hydrogens (tertiary/aromatic N) is 3. The van der Waals surface area contributed by atoms with E-state index < -0.39 is 5.97 Å². The number of carbonyl (C=O) groups is 1. The Hall–Kier alpha value is -3.79. The van der Waals surface area contributed by atoms with Gasteiger partial charge >= 0.3 is 5.97 Å². The maximum absolute atomic E-state index is 11.8. The van der Waals surface area contributed by atoms with Gasteiger partial charge in [-0.2, -0.15) is 0 Å². The Bertz CT molecular complexity index is 1690. The first-order valence-corrected chi connectivity index (χ1v) is 15.7. The van der Waals surface area contributed by atoms with E-state index >= 15 is 0 Å². The lowest BCUT2D eigenvalue weighted by Crippen LogP contribution is -2.35. The third kappa shape index (κ3) is 5.60. The van der Waals surface area contributed by atoms with Crippen LogP contribution in [-0.4, -0.2) is 65.0 Å². The minimum Gasteiger partial charge on any atom is -0.494 e. The molecule has 4 heterocycles. The first-order chi connectivity index (χ1) is 21.5. The molecule has 0 unspecified atom stereocenters. The Morgan fingerprint density at radius 3 is 2.66 bits per heavy atom. The van der Waals surface area contributed by atoms with Gasteiger partial charge in [-0.25, -0.2) is 9.78 Å². The topological polar surface area (TPSA) is 95.3 Å². The normalized spacial score (nSPS) is 18.5. The minimum atomic E-state index is -0.990. The number of benzene rings is 3. The van der Waals surface area contributed by atoms with Gasteiger partial charge < -0.3 is 28.6 Å². The highest BCUT2D eigenvalue weighted by Gasteiger charge is 2.28. The van der Waals surface area contributed by atoms with Crippen LogP contribution in [0.15, 0.2) is 48.5 Å². The summed E-state index contributed by atoms with van der Waals surface area (Å²) in [6.07, 6.45) is 3.92. The van der Waals surface area contributed by atoms with Crippen LogP contribution in [0.1, 0.15) is 58.1 Å². The number of fused-ring (bicyclic) bond motifs is 2. The van der Waals surface area contributed by atoms with Crippen LogP contribution in [0.2, 0.25) is 5.02 Å². The molecule has 7 rings (SSSR count). The number of aromatic carboxylic acids is 1. The van der Waals surface area contributed by atoms with Gasteiger partial charge in [0.05, 0.1) is 44.0 Å². The number of hydrogen-bond donors (Lipinski definition) is 1. The smallest absolute Gasteiger partial charge is 0.335 e. The predicted octanol–water partition coefficient (Wildman–Crippen LogP) is 6.08. The maximum atomic E-state index is 11.8. The van der Waals surface area contributed by atoms with E-state index in [0.717, 1.165) is 84.4 Å². The van der Waals surface area contributed by atoms with Crippen LogP contribution in [0.5, 0.6) is 17.2 Å². The summed E-state index contributed by atoms with van der Waals surface area (Å²) in [5.41, 5.74) is 4.97. The van der Waals surface area contributed by atoms with Crippen molar-refractivity contribution in [1.29, 1.82) is 0 Å². The minimum absolute atomic E-state index is 0.105. The molecule has 9 nitrogen and oxygen atoms in total. The van der Waals surface area contributed by atoms with Crippen molar-refractivity contribution in [2.75, 3.05) is 33.4 Å². The van der Waals surface area contributed by atoms with Crippen molar-refractivity contribution in [3.63, 3.8) is 0 Å². The van der Waals surface area contributed by atoms with Crippen molar-refractivity contribution >= 4 is 28.6 Å². The number of methoxy groups -OCH3 is 1. The molecule has 3 aromatic carbocycles. The maximum Gasteiger partial charge on any atom is 0.335 e. The fraction of sp³-hybridized carbons (Fsp3) is 0.412. The molecule has 2 saturated heterocycles. The van der Waals surface area contributed by atoms with Gasteiger partial charge in [0.25, 0.3) is 0 Å². The second kappa shape index (κ2) is 12.3. The van der Waals surface area contributed by atoms with Gasteiger partial charge in [-0.05, 0) is 68.1 Å². The largest absolute Gasteiger partial charge is 0.494 e. The molecule has 1 N–H and O–H groups in total. The number of hydrogen-bond acceptors (Lipinski definition) is 7. The van der Waals surface area contributed by atoms with E-state index in [2.05, 4.69) is 27.7 Å². The SMILES string of the molecule is COc1cc(C(=O)O)cc2c1nc(CN1CCC(c3ccccc3OCc3ccc(Cl)c4c3OCC4)CC1)n2C[C@@H]1CCO1. The molecule has 4 aromatic rings. The number of halogens is 1. The van der Waals surface area contributed by atoms with Crippen LogP contribution in [0, 0.1) is 0 Å². The average molecular weight is 618 g/mol. The number of likely N-dealkylation sites (tertiary alicyclic amines) is 1. The molecule has 10 heteroatoms. The molecule has 2 fully saturated rings. The molecule has 44 heavy (non-hydrogen) atoms. The highest BCUT2D eigenvalue weighted by atomic mass is 35.5. The molecule has 0 radical (unpaired) electrons. The van der Waals surface area contributed by atoms with Crippen molar-refractivity contribution in [1.82, 2.24) is 14.5 Å². The standard InChI is InChI=1S/C34H36ClN3O6/c1-41-30-17-23(34(39)40)16-28-32(30)36-31(38(28)18-24-10-14-42-24)19-37-12-8-21(9-13-37)25-4-2-3-5-29(25)44-20-22-6-7-27(35)26-11-15-43-33(22)26/h2-7,16-17,21,24H,8-15,18-20H2,1H3,(H,39,40)/t24-/m0/s1. The molecule has 1 atom stereocenters. The first kappa shape index (κ1) is 29.0. The van der Waals surface area contributed by atoms with Gasteiger partial charge in [-0.1, -0.05) is 35.9 Å². The fourth-order valence-electron chi connectivity index (χ4n) is 6.62. The summed E-state index contributed by atoms with van der Waals surface area (Å²) >= 11 is 6.38. The van der Waals surface area contributed by atoms with Crippen molar-refractivity contribution in [2.45, 2.75) is 57.4 Å². The zero-order valence-electron chi connectivity index (χ0n) is 24.8. The van der Waals surface area contributed by atoms with Crippen molar-refractivity contribution < 1.29 is 28.8 Å². The number of para-hydroxylation sites is 1. The quantitative estimate of drug-likeness (QED) is 0.229. The molecule has 0 saturated carbocycles. The Morgan fingerprint density at radius 1 is 1.09 bits per heavy atom. The summed E-state index contributed by atoms with van der Waals surface area (Å²) in [5.74, 6) is 2.55. The van der Waals surface area contributed by atoms with E-state index in [4.69, 9.17) is 35.5 Å².